The highest BCUT2D eigenvalue weighted by Crippen LogP contribution is 2.27. The number of sulfone groups is 1. The lowest BCUT2D eigenvalue weighted by molar-refractivity contribution is -0.925. The fraction of sp³-hybridized carbons (Fsp3) is 0.409. The van der Waals surface area contributed by atoms with Gasteiger partial charge in [0.1, 0.15) is 11.8 Å². The second kappa shape index (κ2) is 8.05. The number of carbonyl (C=O) groups is 1. The van der Waals surface area contributed by atoms with Gasteiger partial charge in [-0.2, -0.15) is 0 Å². The highest BCUT2D eigenvalue weighted by Gasteiger charge is 2.38. The Kier molecular flexibility index (Phi) is 5.51. The van der Waals surface area contributed by atoms with Gasteiger partial charge >= 0.3 is 0 Å². The van der Waals surface area contributed by atoms with Crippen molar-refractivity contribution in [3.8, 4) is 0 Å². The summed E-state index contributed by atoms with van der Waals surface area (Å²) in [5.74, 6) is 0.451. The molecule has 2 aromatic carbocycles. The molecular weight excluding hydrogens is 372 g/mol. The quantitative estimate of drug-likeness (QED) is 0.825. The van der Waals surface area contributed by atoms with Gasteiger partial charge in [0, 0.05) is 6.42 Å². The third-order valence-electron chi connectivity index (χ3n) is 6.04. The summed E-state index contributed by atoms with van der Waals surface area (Å²) in [4.78, 5) is 16.7. The molecule has 148 valence electrons. The van der Waals surface area contributed by atoms with Crippen LogP contribution in [-0.4, -0.2) is 63.0 Å². The predicted molar refractivity (Wildman–Crippen MR) is 109 cm³/mol. The van der Waals surface area contributed by atoms with Gasteiger partial charge in [0.15, 0.2) is 9.84 Å². The zero-order valence-electron chi connectivity index (χ0n) is 16.0. The molecule has 5 nitrogen and oxygen atoms in total. The van der Waals surface area contributed by atoms with Gasteiger partial charge < -0.3 is 9.80 Å². The molecule has 6 heteroatoms. The maximum Gasteiger partial charge on any atom is 0.234 e. The Morgan fingerprint density at radius 2 is 1.46 bits per heavy atom. The van der Waals surface area contributed by atoms with Crippen LogP contribution in [-0.2, 0) is 14.6 Å². The second-order valence-corrected chi connectivity index (χ2v) is 10.1. The summed E-state index contributed by atoms with van der Waals surface area (Å²) in [5.41, 5.74) is 2.02. The summed E-state index contributed by atoms with van der Waals surface area (Å²) in [5, 5.41) is 0. The summed E-state index contributed by atoms with van der Waals surface area (Å²) in [6, 6.07) is 20.1. The molecule has 0 saturated carbocycles. The van der Waals surface area contributed by atoms with E-state index in [-0.39, 0.29) is 17.9 Å². The summed E-state index contributed by atoms with van der Waals surface area (Å²) < 4.78 is 23.6. The zero-order chi connectivity index (χ0) is 19.6. The molecule has 2 saturated heterocycles. The lowest BCUT2D eigenvalue weighted by Gasteiger charge is -2.36. The molecule has 0 spiro atoms. The van der Waals surface area contributed by atoms with Gasteiger partial charge in [0.25, 0.3) is 0 Å². The average Bonchev–Trinajstić information content (AvgIpc) is 3.10. The van der Waals surface area contributed by atoms with E-state index in [4.69, 9.17) is 0 Å². The van der Waals surface area contributed by atoms with E-state index in [2.05, 4.69) is 0 Å². The van der Waals surface area contributed by atoms with Gasteiger partial charge in [-0.05, 0) is 11.1 Å². The molecule has 2 aliphatic heterocycles. The number of nitrogens with one attached hydrogen (secondary N) is 1. The van der Waals surface area contributed by atoms with Crippen LogP contribution in [0.3, 0.4) is 0 Å². The molecule has 0 unspecified atom stereocenters. The molecule has 28 heavy (non-hydrogen) atoms. The monoisotopic (exact) mass is 399 g/mol. The predicted octanol–water partition coefficient (Wildman–Crippen LogP) is 0.733. The number of hydrogen-bond acceptors (Lipinski definition) is 3. The van der Waals surface area contributed by atoms with E-state index in [1.807, 2.05) is 65.6 Å². The maximum atomic E-state index is 13.5. The third kappa shape index (κ3) is 4.13. The van der Waals surface area contributed by atoms with E-state index >= 15 is 0 Å². The fourth-order valence-electron chi connectivity index (χ4n) is 4.49. The van der Waals surface area contributed by atoms with Crippen LogP contribution in [0.25, 0.3) is 0 Å². The molecule has 1 amide bonds. The lowest BCUT2D eigenvalue weighted by Crippen LogP contribution is -3.18. The Morgan fingerprint density at radius 3 is 1.93 bits per heavy atom. The SMILES string of the molecule is O=C(C(c1ccccc1)c1ccccc1)N1CC[NH+]([C@@H]2CCS(=O)(=O)C2)CC1. The number of hydrogen-bond donors (Lipinski definition) is 1. The molecule has 1 N–H and O–H groups in total. The molecule has 1 atom stereocenters. The standard InChI is InChI=1S/C22H26N2O3S/c25-22(21(18-7-3-1-4-8-18)19-9-5-2-6-10-19)24-14-12-23(13-15-24)20-11-16-28(26,27)17-20/h1-10,20-21H,11-17H2/p+1/t20-/m1/s1. The molecule has 0 bridgehead atoms. The largest absolute Gasteiger partial charge is 0.331 e. The van der Waals surface area contributed by atoms with Gasteiger partial charge in [-0.3, -0.25) is 4.79 Å². The second-order valence-electron chi connectivity index (χ2n) is 7.84. The Morgan fingerprint density at radius 1 is 0.929 bits per heavy atom. The Labute approximate surface area is 166 Å². The van der Waals surface area contributed by atoms with Crippen molar-refractivity contribution in [2.24, 2.45) is 0 Å². The minimum absolute atomic E-state index is 0.135. The lowest BCUT2D eigenvalue weighted by atomic mass is 9.90. The van der Waals surface area contributed by atoms with Crippen LogP contribution in [0.5, 0.6) is 0 Å². The normalized spacial score (nSPS) is 22.5. The molecular formula is C22H27N2O3S+. The number of benzene rings is 2. The van der Waals surface area contributed by atoms with Crippen molar-refractivity contribution in [1.29, 1.82) is 0 Å². The molecule has 2 aromatic rings. The minimum atomic E-state index is -2.86. The average molecular weight is 400 g/mol. The van der Waals surface area contributed by atoms with Gasteiger partial charge in [0.05, 0.1) is 37.8 Å². The molecule has 2 aliphatic rings. The van der Waals surface area contributed by atoms with Crippen LogP contribution >= 0.6 is 0 Å². The Bertz CT molecular complexity index is 868. The van der Waals surface area contributed by atoms with Crippen LogP contribution in [0.2, 0.25) is 0 Å². The smallest absolute Gasteiger partial charge is 0.234 e. The first kappa shape index (κ1) is 19.2. The molecule has 0 aromatic heterocycles. The number of amides is 1. The van der Waals surface area contributed by atoms with Crippen molar-refractivity contribution in [2.45, 2.75) is 18.4 Å². The van der Waals surface area contributed by atoms with Crippen LogP contribution in [0, 0.1) is 0 Å². The van der Waals surface area contributed by atoms with Gasteiger partial charge in [-0.1, -0.05) is 60.7 Å². The van der Waals surface area contributed by atoms with Crippen molar-refractivity contribution in [2.75, 3.05) is 37.7 Å². The van der Waals surface area contributed by atoms with Crippen LogP contribution < -0.4 is 4.90 Å². The molecule has 2 fully saturated rings. The van der Waals surface area contributed by atoms with Crippen molar-refractivity contribution < 1.29 is 18.1 Å². The number of piperazine rings is 1. The van der Waals surface area contributed by atoms with Gasteiger partial charge in [0.2, 0.25) is 5.91 Å². The number of carbonyl (C=O) groups excluding carboxylic acids is 1. The van der Waals surface area contributed by atoms with Crippen molar-refractivity contribution in [3.05, 3.63) is 71.8 Å². The molecule has 0 aliphatic carbocycles. The van der Waals surface area contributed by atoms with Gasteiger partial charge in [-0.25, -0.2) is 8.42 Å². The van der Waals surface area contributed by atoms with Gasteiger partial charge in [-0.15, -0.1) is 0 Å². The highest BCUT2D eigenvalue weighted by molar-refractivity contribution is 7.91. The first-order valence-electron chi connectivity index (χ1n) is 9.97. The number of nitrogens with zero attached hydrogens (tertiary/aromatic N) is 1. The first-order valence-corrected chi connectivity index (χ1v) is 11.8. The van der Waals surface area contributed by atoms with E-state index in [0.717, 1.165) is 30.6 Å². The number of rotatable bonds is 4. The summed E-state index contributed by atoms with van der Waals surface area (Å²) in [6.45, 7) is 3.01. The molecule has 0 radical (unpaired) electrons. The van der Waals surface area contributed by atoms with Crippen molar-refractivity contribution >= 4 is 15.7 Å². The summed E-state index contributed by atoms with van der Waals surface area (Å²) >= 11 is 0. The summed E-state index contributed by atoms with van der Waals surface area (Å²) in [6.07, 6.45) is 0.752. The van der Waals surface area contributed by atoms with Crippen LogP contribution in [0.15, 0.2) is 60.7 Å². The minimum Gasteiger partial charge on any atom is -0.331 e. The fourth-order valence-corrected chi connectivity index (χ4v) is 6.32. The van der Waals surface area contributed by atoms with Crippen molar-refractivity contribution in [3.63, 3.8) is 0 Å². The van der Waals surface area contributed by atoms with Crippen molar-refractivity contribution in [1.82, 2.24) is 4.90 Å². The zero-order valence-corrected chi connectivity index (χ0v) is 16.8. The first-order chi connectivity index (χ1) is 13.5. The van der Waals surface area contributed by atoms with E-state index in [1.165, 1.54) is 4.90 Å². The third-order valence-corrected chi connectivity index (χ3v) is 7.81. The van der Waals surface area contributed by atoms with E-state index in [0.29, 0.717) is 24.6 Å². The van der Waals surface area contributed by atoms with Crippen LogP contribution in [0.1, 0.15) is 23.5 Å². The summed E-state index contributed by atoms with van der Waals surface area (Å²) in [7, 11) is -2.86. The van der Waals surface area contributed by atoms with Crippen LogP contribution in [0.4, 0.5) is 0 Å². The Balaban J connectivity index is 1.48. The molecule has 4 rings (SSSR count). The topological polar surface area (TPSA) is 58.9 Å². The maximum absolute atomic E-state index is 13.5. The van der Waals surface area contributed by atoms with E-state index in [9.17, 15) is 13.2 Å². The highest BCUT2D eigenvalue weighted by atomic mass is 32.2. The molecule has 2 heterocycles. The van der Waals surface area contributed by atoms with E-state index in [1.54, 1.807) is 0 Å². The number of quaternary nitrogens is 1. The van der Waals surface area contributed by atoms with E-state index < -0.39 is 9.84 Å². The Hall–Kier alpha value is -2.18.